The summed E-state index contributed by atoms with van der Waals surface area (Å²) in [4.78, 5) is 3.80. The van der Waals surface area contributed by atoms with Crippen LogP contribution in [0.5, 0.6) is 11.5 Å². The van der Waals surface area contributed by atoms with Crippen LogP contribution in [0.25, 0.3) is 0 Å². The number of sulfone groups is 1. The van der Waals surface area contributed by atoms with Crippen LogP contribution in [0, 0.1) is 5.82 Å². The van der Waals surface area contributed by atoms with Crippen LogP contribution in [0.15, 0.2) is 41.6 Å². The van der Waals surface area contributed by atoms with Crippen molar-refractivity contribution in [3.8, 4) is 11.5 Å². The molecule has 1 aromatic heterocycles. The van der Waals surface area contributed by atoms with E-state index in [-0.39, 0.29) is 28.0 Å². The van der Waals surface area contributed by atoms with Crippen LogP contribution in [0.4, 0.5) is 10.1 Å². The van der Waals surface area contributed by atoms with Gasteiger partial charge >= 0.3 is 0 Å². The van der Waals surface area contributed by atoms with Gasteiger partial charge in [-0.2, -0.15) is 0 Å². The summed E-state index contributed by atoms with van der Waals surface area (Å²) in [6, 6.07) is 6.77. The van der Waals surface area contributed by atoms with E-state index >= 15 is 0 Å². The average molecular weight is 296 g/mol. The van der Waals surface area contributed by atoms with Gasteiger partial charge in [0.15, 0.2) is 26.4 Å². The molecule has 0 aliphatic carbocycles. The second-order valence-electron chi connectivity index (χ2n) is 4.03. The lowest BCUT2D eigenvalue weighted by Gasteiger charge is -2.07. The van der Waals surface area contributed by atoms with Gasteiger partial charge in [0, 0.05) is 11.8 Å². The van der Waals surface area contributed by atoms with Crippen molar-refractivity contribution in [1.82, 2.24) is 4.98 Å². The highest BCUT2D eigenvalue weighted by atomic mass is 32.2. The number of nitrogens with two attached hydrogens (primary N) is 1. The van der Waals surface area contributed by atoms with Gasteiger partial charge in [-0.05, 0) is 24.3 Å². The molecule has 7 heteroatoms. The van der Waals surface area contributed by atoms with E-state index in [1.807, 2.05) is 0 Å². The maximum absolute atomic E-state index is 13.5. The normalized spacial score (nSPS) is 11.3. The Labute approximate surface area is 116 Å². The lowest BCUT2D eigenvalue weighted by molar-refractivity contribution is 0.440. The van der Waals surface area contributed by atoms with Crippen molar-refractivity contribution >= 4 is 15.5 Å². The largest absolute Gasteiger partial charge is 0.453 e. The molecule has 106 valence electrons. The summed E-state index contributed by atoms with van der Waals surface area (Å²) < 4.78 is 42.0. The fraction of sp³-hybridized carbons (Fsp3) is 0.154. The first-order chi connectivity index (χ1) is 9.42. The minimum absolute atomic E-state index is 0.00732. The number of pyridine rings is 1. The lowest BCUT2D eigenvalue weighted by Crippen LogP contribution is -2.05. The molecular weight excluding hydrogens is 283 g/mol. The van der Waals surface area contributed by atoms with Crippen molar-refractivity contribution in [3.05, 3.63) is 42.3 Å². The predicted molar refractivity (Wildman–Crippen MR) is 72.9 cm³/mol. The van der Waals surface area contributed by atoms with E-state index in [0.29, 0.717) is 0 Å². The highest BCUT2D eigenvalue weighted by molar-refractivity contribution is 7.91. The molecule has 2 rings (SSSR count). The topological polar surface area (TPSA) is 82.3 Å². The van der Waals surface area contributed by atoms with E-state index in [0.717, 1.165) is 6.07 Å². The molecule has 1 aromatic carbocycles. The molecule has 0 fully saturated rings. The number of nitrogens with zero attached hydrogens (tertiary/aromatic N) is 1. The van der Waals surface area contributed by atoms with Gasteiger partial charge in [-0.1, -0.05) is 6.92 Å². The van der Waals surface area contributed by atoms with Gasteiger partial charge in [-0.15, -0.1) is 0 Å². The number of rotatable bonds is 4. The number of benzene rings is 1. The van der Waals surface area contributed by atoms with Crippen molar-refractivity contribution < 1.29 is 17.5 Å². The van der Waals surface area contributed by atoms with E-state index in [2.05, 4.69) is 4.98 Å². The quantitative estimate of drug-likeness (QED) is 0.876. The summed E-state index contributed by atoms with van der Waals surface area (Å²) in [6.45, 7) is 1.53. The summed E-state index contributed by atoms with van der Waals surface area (Å²) in [7, 11) is -3.36. The Morgan fingerprint density at radius 3 is 2.60 bits per heavy atom. The van der Waals surface area contributed by atoms with Gasteiger partial charge < -0.3 is 10.5 Å². The molecular formula is C13H13FN2O3S. The third kappa shape index (κ3) is 3.05. The Morgan fingerprint density at radius 2 is 2.05 bits per heavy atom. The molecule has 0 saturated carbocycles. The SMILES string of the molecule is CCS(=O)(=O)c1ccc(Oc2ccc(N)cc2F)cn1. The minimum atomic E-state index is -3.36. The molecule has 0 radical (unpaired) electrons. The Bertz CT molecular complexity index is 715. The smallest absolute Gasteiger partial charge is 0.195 e. The van der Waals surface area contributed by atoms with Gasteiger partial charge in [-0.25, -0.2) is 17.8 Å². The van der Waals surface area contributed by atoms with Gasteiger partial charge in [0.1, 0.15) is 5.75 Å². The van der Waals surface area contributed by atoms with E-state index in [1.54, 1.807) is 0 Å². The first-order valence-corrected chi connectivity index (χ1v) is 7.49. The molecule has 2 N–H and O–H groups in total. The molecule has 0 aliphatic heterocycles. The molecule has 0 aliphatic rings. The van der Waals surface area contributed by atoms with Crippen molar-refractivity contribution in [2.45, 2.75) is 11.9 Å². The van der Waals surface area contributed by atoms with E-state index in [4.69, 9.17) is 10.5 Å². The maximum Gasteiger partial charge on any atom is 0.195 e. The van der Waals surface area contributed by atoms with Crippen LogP contribution in [0.1, 0.15) is 6.92 Å². The zero-order valence-electron chi connectivity index (χ0n) is 10.7. The van der Waals surface area contributed by atoms with Crippen molar-refractivity contribution in [1.29, 1.82) is 0 Å². The summed E-state index contributed by atoms with van der Waals surface area (Å²) in [5, 5.41) is -0.0369. The van der Waals surface area contributed by atoms with Crippen LogP contribution >= 0.6 is 0 Å². The van der Waals surface area contributed by atoms with E-state index in [9.17, 15) is 12.8 Å². The Morgan fingerprint density at radius 1 is 1.30 bits per heavy atom. The van der Waals surface area contributed by atoms with Crippen molar-refractivity contribution in [3.63, 3.8) is 0 Å². The Balaban J connectivity index is 2.23. The molecule has 2 aromatic rings. The maximum atomic E-state index is 13.5. The van der Waals surface area contributed by atoms with Crippen LogP contribution in [0.3, 0.4) is 0 Å². The number of hydrogen-bond donors (Lipinski definition) is 1. The van der Waals surface area contributed by atoms with Gasteiger partial charge in [-0.3, -0.25) is 0 Å². The Hall–Kier alpha value is -2.15. The fourth-order valence-electron chi connectivity index (χ4n) is 1.49. The zero-order valence-corrected chi connectivity index (χ0v) is 11.5. The highest BCUT2D eigenvalue weighted by Gasteiger charge is 2.13. The number of halogens is 1. The van der Waals surface area contributed by atoms with Crippen LogP contribution in [-0.2, 0) is 9.84 Å². The number of ether oxygens (including phenoxy) is 1. The molecule has 0 saturated heterocycles. The molecule has 1 heterocycles. The predicted octanol–water partition coefficient (Wildman–Crippen LogP) is 2.39. The number of hydrogen-bond acceptors (Lipinski definition) is 5. The third-order valence-electron chi connectivity index (χ3n) is 2.59. The molecule has 0 bridgehead atoms. The van der Waals surface area contributed by atoms with Crippen molar-refractivity contribution in [2.24, 2.45) is 0 Å². The lowest BCUT2D eigenvalue weighted by atomic mass is 10.3. The van der Waals surface area contributed by atoms with Gasteiger partial charge in [0.25, 0.3) is 0 Å². The van der Waals surface area contributed by atoms with Crippen molar-refractivity contribution in [2.75, 3.05) is 11.5 Å². The first-order valence-electron chi connectivity index (χ1n) is 5.84. The first kappa shape index (κ1) is 14.3. The molecule has 0 unspecified atom stereocenters. The summed E-state index contributed by atoms with van der Waals surface area (Å²) >= 11 is 0. The third-order valence-corrected chi connectivity index (χ3v) is 4.23. The number of aromatic nitrogens is 1. The monoisotopic (exact) mass is 296 g/mol. The molecule has 5 nitrogen and oxygen atoms in total. The fourth-order valence-corrected chi connectivity index (χ4v) is 2.27. The van der Waals surface area contributed by atoms with Crippen LogP contribution < -0.4 is 10.5 Å². The highest BCUT2D eigenvalue weighted by Crippen LogP contribution is 2.25. The summed E-state index contributed by atoms with van der Waals surface area (Å²) in [5.74, 6) is -0.404. The van der Waals surface area contributed by atoms with E-state index < -0.39 is 15.7 Å². The van der Waals surface area contributed by atoms with E-state index in [1.165, 1.54) is 37.4 Å². The average Bonchev–Trinajstić information content (AvgIpc) is 2.42. The second kappa shape index (κ2) is 5.46. The van der Waals surface area contributed by atoms with Gasteiger partial charge in [0.05, 0.1) is 11.9 Å². The Kier molecular flexibility index (Phi) is 3.89. The molecule has 0 spiro atoms. The molecule has 0 amide bonds. The summed E-state index contributed by atoms with van der Waals surface area (Å²) in [5.41, 5.74) is 5.72. The second-order valence-corrected chi connectivity index (χ2v) is 6.25. The molecule has 20 heavy (non-hydrogen) atoms. The standard InChI is InChI=1S/C13H13FN2O3S/c1-2-20(17,18)13-6-4-10(8-16-13)19-12-5-3-9(15)7-11(12)14/h3-8H,2,15H2,1H3. The summed E-state index contributed by atoms with van der Waals surface area (Å²) in [6.07, 6.45) is 1.23. The van der Waals surface area contributed by atoms with Crippen LogP contribution in [-0.4, -0.2) is 19.2 Å². The molecule has 0 atom stereocenters. The zero-order chi connectivity index (χ0) is 14.8. The minimum Gasteiger partial charge on any atom is -0.453 e. The van der Waals surface area contributed by atoms with Gasteiger partial charge in [0.2, 0.25) is 0 Å². The number of anilines is 1. The van der Waals surface area contributed by atoms with Crippen LogP contribution in [0.2, 0.25) is 0 Å². The number of nitrogen functional groups attached to an aromatic ring is 1.